The molecule has 2 nitrogen and oxygen atoms in total. The van der Waals surface area contributed by atoms with Gasteiger partial charge in [0.2, 0.25) is 5.91 Å². The third-order valence-electron chi connectivity index (χ3n) is 3.19. The summed E-state index contributed by atoms with van der Waals surface area (Å²) in [5, 5.41) is 3.01. The Morgan fingerprint density at radius 1 is 1.39 bits per heavy atom. The first-order chi connectivity index (χ1) is 8.74. The number of rotatable bonds is 4. The van der Waals surface area contributed by atoms with Crippen LogP contribution in [0.2, 0.25) is 0 Å². The molecule has 4 heteroatoms. The smallest absolute Gasteiger partial charge is 0.220 e. The fraction of sp³-hybridized carbons (Fsp3) is 0.500. The van der Waals surface area contributed by atoms with Crippen LogP contribution in [0.25, 0.3) is 0 Å². The Kier molecular flexibility index (Phi) is 5.57. The molecule has 0 bridgehead atoms. The Labute approximate surface area is 121 Å². The van der Waals surface area contributed by atoms with Crippen molar-refractivity contribution in [1.82, 2.24) is 5.32 Å². The standard InChI is InChI=1S/C14H18BrNOS/c15-13-3-1-2-12(8-13)10-16-14(17)9-11-4-6-18-7-5-11/h1-3,8,11H,4-7,9-10H2,(H,16,17). The quantitative estimate of drug-likeness (QED) is 0.915. The summed E-state index contributed by atoms with van der Waals surface area (Å²) in [4.78, 5) is 11.8. The van der Waals surface area contributed by atoms with Crippen molar-refractivity contribution in [2.24, 2.45) is 5.92 Å². The Morgan fingerprint density at radius 2 is 2.17 bits per heavy atom. The van der Waals surface area contributed by atoms with E-state index in [0.717, 1.165) is 10.0 Å². The SMILES string of the molecule is O=C(CC1CCSCC1)NCc1cccc(Br)c1. The molecule has 2 rings (SSSR count). The molecule has 1 aromatic rings. The minimum absolute atomic E-state index is 0.187. The van der Waals surface area contributed by atoms with Crippen molar-refractivity contribution in [2.45, 2.75) is 25.8 Å². The van der Waals surface area contributed by atoms with Gasteiger partial charge in [0.1, 0.15) is 0 Å². The van der Waals surface area contributed by atoms with Crippen LogP contribution in [-0.2, 0) is 11.3 Å². The molecule has 0 aromatic heterocycles. The molecule has 1 heterocycles. The van der Waals surface area contributed by atoms with Gasteiger partial charge in [-0.25, -0.2) is 0 Å². The van der Waals surface area contributed by atoms with Crippen molar-refractivity contribution < 1.29 is 4.79 Å². The number of hydrogen-bond acceptors (Lipinski definition) is 2. The highest BCUT2D eigenvalue weighted by Gasteiger charge is 2.16. The minimum Gasteiger partial charge on any atom is -0.352 e. The van der Waals surface area contributed by atoms with Crippen LogP contribution in [0.5, 0.6) is 0 Å². The zero-order chi connectivity index (χ0) is 12.8. The summed E-state index contributed by atoms with van der Waals surface area (Å²) in [6, 6.07) is 8.05. The highest BCUT2D eigenvalue weighted by atomic mass is 79.9. The van der Waals surface area contributed by atoms with E-state index < -0.39 is 0 Å². The van der Waals surface area contributed by atoms with Gasteiger partial charge in [-0.1, -0.05) is 28.1 Å². The summed E-state index contributed by atoms with van der Waals surface area (Å²) < 4.78 is 1.05. The van der Waals surface area contributed by atoms with E-state index in [1.54, 1.807) is 0 Å². The van der Waals surface area contributed by atoms with E-state index in [4.69, 9.17) is 0 Å². The zero-order valence-electron chi connectivity index (χ0n) is 10.3. The Bertz CT molecular complexity index is 405. The third-order valence-corrected chi connectivity index (χ3v) is 4.74. The third kappa shape index (κ3) is 4.65. The number of amides is 1. The highest BCUT2D eigenvalue weighted by Crippen LogP contribution is 2.25. The number of thioether (sulfide) groups is 1. The molecule has 0 radical (unpaired) electrons. The van der Waals surface area contributed by atoms with Gasteiger partial charge in [0.25, 0.3) is 0 Å². The topological polar surface area (TPSA) is 29.1 Å². The summed E-state index contributed by atoms with van der Waals surface area (Å²) in [6.45, 7) is 0.625. The maximum Gasteiger partial charge on any atom is 0.220 e. The van der Waals surface area contributed by atoms with E-state index in [0.29, 0.717) is 18.9 Å². The molecule has 1 amide bonds. The van der Waals surface area contributed by atoms with Gasteiger partial charge in [0.15, 0.2) is 0 Å². The largest absolute Gasteiger partial charge is 0.352 e. The maximum atomic E-state index is 11.8. The summed E-state index contributed by atoms with van der Waals surface area (Å²) in [5.74, 6) is 3.20. The summed E-state index contributed by atoms with van der Waals surface area (Å²) in [5.41, 5.74) is 1.14. The maximum absolute atomic E-state index is 11.8. The number of halogens is 1. The van der Waals surface area contributed by atoms with E-state index in [9.17, 15) is 4.79 Å². The van der Waals surface area contributed by atoms with Crippen molar-refractivity contribution >= 4 is 33.6 Å². The molecule has 18 heavy (non-hydrogen) atoms. The van der Waals surface area contributed by atoms with Gasteiger partial charge < -0.3 is 5.32 Å². The number of benzene rings is 1. The second-order valence-electron chi connectivity index (χ2n) is 4.67. The molecular formula is C14H18BrNOS. The molecule has 1 saturated heterocycles. The van der Waals surface area contributed by atoms with Gasteiger partial charge in [-0.15, -0.1) is 0 Å². The first-order valence-electron chi connectivity index (χ1n) is 6.33. The fourth-order valence-electron chi connectivity index (χ4n) is 2.13. The molecule has 1 N–H and O–H groups in total. The van der Waals surface area contributed by atoms with Crippen molar-refractivity contribution in [3.05, 3.63) is 34.3 Å². The van der Waals surface area contributed by atoms with Crippen LogP contribution in [0.3, 0.4) is 0 Å². The van der Waals surface area contributed by atoms with Gasteiger partial charge in [-0.2, -0.15) is 11.8 Å². The van der Waals surface area contributed by atoms with Gasteiger partial charge >= 0.3 is 0 Å². The van der Waals surface area contributed by atoms with Crippen molar-refractivity contribution in [3.8, 4) is 0 Å². The van der Waals surface area contributed by atoms with Crippen LogP contribution in [0.15, 0.2) is 28.7 Å². The summed E-state index contributed by atoms with van der Waals surface area (Å²) >= 11 is 5.43. The second-order valence-corrected chi connectivity index (χ2v) is 6.81. The summed E-state index contributed by atoms with van der Waals surface area (Å²) in [6.07, 6.45) is 3.07. The molecule has 98 valence electrons. The molecule has 1 aliphatic heterocycles. The molecule has 0 unspecified atom stereocenters. The molecule has 1 aromatic carbocycles. The molecule has 1 aliphatic rings. The fourth-order valence-corrected chi connectivity index (χ4v) is 3.78. The van der Waals surface area contributed by atoms with E-state index in [2.05, 4.69) is 21.2 Å². The van der Waals surface area contributed by atoms with E-state index in [1.807, 2.05) is 36.0 Å². The molecule has 0 aliphatic carbocycles. The minimum atomic E-state index is 0.187. The van der Waals surface area contributed by atoms with Crippen molar-refractivity contribution in [3.63, 3.8) is 0 Å². The Balaban J connectivity index is 1.74. The van der Waals surface area contributed by atoms with Gasteiger partial charge in [0.05, 0.1) is 0 Å². The first kappa shape index (κ1) is 13.9. The number of carbonyl (C=O) groups is 1. The highest BCUT2D eigenvalue weighted by molar-refractivity contribution is 9.10. The molecule has 0 atom stereocenters. The Morgan fingerprint density at radius 3 is 2.89 bits per heavy atom. The number of carbonyl (C=O) groups excluding carboxylic acids is 1. The average molecular weight is 328 g/mol. The number of hydrogen-bond donors (Lipinski definition) is 1. The lowest BCUT2D eigenvalue weighted by atomic mass is 9.98. The molecule has 0 spiro atoms. The molecule has 1 fully saturated rings. The van der Waals surface area contributed by atoms with Gasteiger partial charge in [-0.05, 0) is 48.0 Å². The van der Waals surface area contributed by atoms with Crippen LogP contribution in [-0.4, -0.2) is 17.4 Å². The lowest BCUT2D eigenvalue weighted by molar-refractivity contribution is -0.122. The monoisotopic (exact) mass is 327 g/mol. The van der Waals surface area contributed by atoms with E-state index in [1.165, 1.54) is 24.3 Å². The zero-order valence-corrected chi connectivity index (χ0v) is 12.7. The lowest BCUT2D eigenvalue weighted by Crippen LogP contribution is -2.26. The predicted molar refractivity (Wildman–Crippen MR) is 80.7 cm³/mol. The molecular weight excluding hydrogens is 310 g/mol. The van der Waals surface area contributed by atoms with Crippen molar-refractivity contribution in [1.29, 1.82) is 0 Å². The predicted octanol–water partition coefficient (Wildman–Crippen LogP) is 3.60. The summed E-state index contributed by atoms with van der Waals surface area (Å²) in [7, 11) is 0. The van der Waals surface area contributed by atoms with Crippen LogP contribution >= 0.6 is 27.7 Å². The average Bonchev–Trinajstić information content (AvgIpc) is 2.38. The van der Waals surface area contributed by atoms with E-state index >= 15 is 0 Å². The van der Waals surface area contributed by atoms with Crippen LogP contribution in [0.4, 0.5) is 0 Å². The second kappa shape index (κ2) is 7.19. The van der Waals surface area contributed by atoms with Crippen LogP contribution in [0, 0.1) is 5.92 Å². The van der Waals surface area contributed by atoms with Gasteiger partial charge in [-0.3, -0.25) is 4.79 Å². The van der Waals surface area contributed by atoms with Crippen LogP contribution in [0.1, 0.15) is 24.8 Å². The lowest BCUT2D eigenvalue weighted by Gasteiger charge is -2.20. The first-order valence-corrected chi connectivity index (χ1v) is 8.27. The van der Waals surface area contributed by atoms with Gasteiger partial charge in [0, 0.05) is 17.4 Å². The van der Waals surface area contributed by atoms with E-state index in [-0.39, 0.29) is 5.91 Å². The normalized spacial score (nSPS) is 16.5. The number of nitrogens with one attached hydrogen (secondary N) is 1. The van der Waals surface area contributed by atoms with Crippen LogP contribution < -0.4 is 5.32 Å². The Hall–Kier alpha value is -0.480. The van der Waals surface area contributed by atoms with Crippen molar-refractivity contribution in [2.75, 3.05) is 11.5 Å². The molecule has 0 saturated carbocycles.